The number of nitrogens with zero attached hydrogens (tertiary/aromatic N) is 1. The van der Waals surface area contributed by atoms with Gasteiger partial charge in [-0.15, -0.1) is 0 Å². The average molecular weight is 314 g/mol. The maximum atomic E-state index is 10.1. The summed E-state index contributed by atoms with van der Waals surface area (Å²) >= 11 is 5.83. The van der Waals surface area contributed by atoms with Crippen LogP contribution in [0.5, 0.6) is 0 Å². The van der Waals surface area contributed by atoms with Gasteiger partial charge in [-0.05, 0) is 31.5 Å². The summed E-state index contributed by atoms with van der Waals surface area (Å²) in [6.07, 6.45) is -0.0401. The standard InChI is InChI=1S/C16H24ClNO3/c1-12-7-18(8-13(2)21-12)9-16(19)11-20-10-14-3-5-15(17)6-4-14/h3-6,12-13,16,19H,7-11H2,1-2H3/t12-,13+,16-/m1/s1. The molecule has 2 rings (SSSR count). The Labute approximate surface area is 131 Å². The lowest BCUT2D eigenvalue weighted by atomic mass is 10.2. The molecule has 1 aromatic carbocycles. The lowest BCUT2D eigenvalue weighted by Gasteiger charge is -2.36. The van der Waals surface area contributed by atoms with E-state index in [0.29, 0.717) is 24.8 Å². The molecule has 0 aliphatic carbocycles. The van der Waals surface area contributed by atoms with Crippen molar-refractivity contribution in [1.29, 1.82) is 0 Å². The molecule has 3 atom stereocenters. The molecule has 0 aromatic heterocycles. The van der Waals surface area contributed by atoms with Crippen molar-refractivity contribution in [2.24, 2.45) is 0 Å². The van der Waals surface area contributed by atoms with Crippen molar-refractivity contribution in [1.82, 2.24) is 4.90 Å². The van der Waals surface area contributed by atoms with Gasteiger partial charge in [0.1, 0.15) is 0 Å². The van der Waals surface area contributed by atoms with E-state index in [2.05, 4.69) is 18.7 Å². The number of aliphatic hydroxyl groups excluding tert-OH is 1. The lowest BCUT2D eigenvalue weighted by Crippen LogP contribution is -2.48. The lowest BCUT2D eigenvalue weighted by molar-refractivity contribution is -0.0826. The Morgan fingerprint density at radius 3 is 2.52 bits per heavy atom. The van der Waals surface area contributed by atoms with E-state index < -0.39 is 6.10 Å². The predicted molar refractivity (Wildman–Crippen MR) is 83.6 cm³/mol. The van der Waals surface area contributed by atoms with Crippen LogP contribution in [0.2, 0.25) is 5.02 Å². The van der Waals surface area contributed by atoms with Crippen LogP contribution < -0.4 is 0 Å². The van der Waals surface area contributed by atoms with Gasteiger partial charge in [-0.3, -0.25) is 4.90 Å². The van der Waals surface area contributed by atoms with Gasteiger partial charge in [0.25, 0.3) is 0 Å². The smallest absolute Gasteiger partial charge is 0.0900 e. The fourth-order valence-electron chi connectivity index (χ4n) is 2.68. The number of halogens is 1. The minimum atomic E-state index is -0.477. The Morgan fingerprint density at radius 1 is 1.29 bits per heavy atom. The molecule has 1 aromatic rings. The van der Waals surface area contributed by atoms with Gasteiger partial charge in [0.15, 0.2) is 0 Å². The van der Waals surface area contributed by atoms with Gasteiger partial charge < -0.3 is 14.6 Å². The molecule has 1 heterocycles. The molecule has 0 saturated carbocycles. The Bertz CT molecular complexity index is 416. The number of hydrogen-bond acceptors (Lipinski definition) is 4. The number of aliphatic hydroxyl groups is 1. The van der Waals surface area contributed by atoms with Crippen molar-refractivity contribution in [3.63, 3.8) is 0 Å². The van der Waals surface area contributed by atoms with Gasteiger partial charge in [0, 0.05) is 24.7 Å². The zero-order valence-corrected chi connectivity index (χ0v) is 13.4. The van der Waals surface area contributed by atoms with Crippen LogP contribution in [-0.4, -0.2) is 54.6 Å². The predicted octanol–water partition coefficient (Wildman–Crippen LogP) is 2.33. The van der Waals surface area contributed by atoms with Crippen LogP contribution in [0.4, 0.5) is 0 Å². The number of morpholine rings is 1. The average Bonchev–Trinajstić information content (AvgIpc) is 2.39. The van der Waals surface area contributed by atoms with Crippen molar-refractivity contribution in [2.45, 2.75) is 38.8 Å². The first-order valence-electron chi connectivity index (χ1n) is 7.41. The van der Waals surface area contributed by atoms with E-state index in [1.165, 1.54) is 0 Å². The van der Waals surface area contributed by atoms with Crippen LogP contribution in [0.3, 0.4) is 0 Å². The second-order valence-corrected chi connectivity index (χ2v) is 6.21. The van der Waals surface area contributed by atoms with E-state index in [4.69, 9.17) is 21.1 Å². The molecule has 4 nitrogen and oxygen atoms in total. The molecule has 0 radical (unpaired) electrons. The van der Waals surface area contributed by atoms with Crippen LogP contribution in [0.15, 0.2) is 24.3 Å². The topological polar surface area (TPSA) is 41.9 Å². The molecule has 5 heteroatoms. The molecule has 1 aliphatic heterocycles. The highest BCUT2D eigenvalue weighted by Gasteiger charge is 2.23. The first-order chi connectivity index (χ1) is 10.0. The summed E-state index contributed by atoms with van der Waals surface area (Å²) in [4.78, 5) is 2.23. The van der Waals surface area contributed by atoms with Crippen LogP contribution in [-0.2, 0) is 16.1 Å². The Kier molecular flexibility index (Phi) is 6.45. The maximum absolute atomic E-state index is 10.1. The molecule has 118 valence electrons. The van der Waals surface area contributed by atoms with Gasteiger partial charge >= 0.3 is 0 Å². The normalized spacial score (nSPS) is 25.0. The Hall–Kier alpha value is -0.650. The zero-order valence-electron chi connectivity index (χ0n) is 12.7. The summed E-state index contributed by atoms with van der Waals surface area (Å²) in [7, 11) is 0. The third-order valence-electron chi connectivity index (χ3n) is 3.46. The number of rotatable bonds is 6. The van der Waals surface area contributed by atoms with E-state index >= 15 is 0 Å². The van der Waals surface area contributed by atoms with E-state index in [9.17, 15) is 5.11 Å². The van der Waals surface area contributed by atoms with Gasteiger partial charge in [0.05, 0.1) is 31.5 Å². The molecular formula is C16H24ClNO3. The summed E-state index contributed by atoms with van der Waals surface area (Å²) in [5, 5.41) is 10.8. The molecule has 1 saturated heterocycles. The molecule has 0 bridgehead atoms. The highest BCUT2D eigenvalue weighted by molar-refractivity contribution is 6.30. The highest BCUT2D eigenvalue weighted by Crippen LogP contribution is 2.12. The fraction of sp³-hybridized carbons (Fsp3) is 0.625. The molecule has 21 heavy (non-hydrogen) atoms. The summed E-state index contributed by atoms with van der Waals surface area (Å²) in [6, 6.07) is 7.54. The third-order valence-corrected chi connectivity index (χ3v) is 3.71. The van der Waals surface area contributed by atoms with Crippen LogP contribution >= 0.6 is 11.6 Å². The molecule has 1 N–H and O–H groups in total. The summed E-state index contributed by atoms with van der Waals surface area (Å²) < 4.78 is 11.2. The first kappa shape index (κ1) is 16.7. The van der Waals surface area contributed by atoms with Crippen molar-refractivity contribution >= 4 is 11.6 Å². The van der Waals surface area contributed by atoms with Gasteiger partial charge in [-0.2, -0.15) is 0 Å². The Morgan fingerprint density at radius 2 is 1.90 bits per heavy atom. The summed E-state index contributed by atoms with van der Waals surface area (Å²) in [5.74, 6) is 0. The molecule has 0 unspecified atom stereocenters. The fourth-order valence-corrected chi connectivity index (χ4v) is 2.80. The van der Waals surface area contributed by atoms with Crippen molar-refractivity contribution in [2.75, 3.05) is 26.2 Å². The SMILES string of the molecule is C[C@@H]1CN(C[C@@H](O)COCc2ccc(Cl)cc2)C[C@H](C)O1. The molecule has 0 spiro atoms. The zero-order chi connectivity index (χ0) is 15.2. The van der Waals surface area contributed by atoms with Gasteiger partial charge in [-0.1, -0.05) is 23.7 Å². The Balaban J connectivity index is 1.67. The number of β-amino-alcohol motifs (C(OH)–C–C–N with tert-alkyl or cyclic N) is 1. The molecule has 1 fully saturated rings. The van der Waals surface area contributed by atoms with Crippen LogP contribution in [0.1, 0.15) is 19.4 Å². The minimum Gasteiger partial charge on any atom is -0.389 e. The van der Waals surface area contributed by atoms with Crippen LogP contribution in [0.25, 0.3) is 0 Å². The monoisotopic (exact) mass is 313 g/mol. The van der Waals surface area contributed by atoms with E-state index in [1.807, 2.05) is 24.3 Å². The second-order valence-electron chi connectivity index (χ2n) is 5.77. The number of benzene rings is 1. The highest BCUT2D eigenvalue weighted by atomic mass is 35.5. The van der Waals surface area contributed by atoms with E-state index in [0.717, 1.165) is 18.7 Å². The number of ether oxygens (including phenoxy) is 2. The van der Waals surface area contributed by atoms with Gasteiger partial charge in [-0.25, -0.2) is 0 Å². The van der Waals surface area contributed by atoms with Crippen molar-refractivity contribution in [3.05, 3.63) is 34.9 Å². The maximum Gasteiger partial charge on any atom is 0.0900 e. The second kappa shape index (κ2) is 8.11. The summed E-state index contributed by atoms with van der Waals surface area (Å²) in [6.45, 7) is 7.29. The van der Waals surface area contributed by atoms with Crippen molar-refractivity contribution < 1.29 is 14.6 Å². The molecular weight excluding hydrogens is 290 g/mol. The molecule has 0 amide bonds. The van der Waals surface area contributed by atoms with Crippen molar-refractivity contribution in [3.8, 4) is 0 Å². The van der Waals surface area contributed by atoms with Gasteiger partial charge in [0.2, 0.25) is 0 Å². The third kappa shape index (κ3) is 5.93. The summed E-state index contributed by atoms with van der Waals surface area (Å²) in [5.41, 5.74) is 1.06. The quantitative estimate of drug-likeness (QED) is 0.875. The van der Waals surface area contributed by atoms with Crippen LogP contribution in [0, 0.1) is 0 Å². The largest absolute Gasteiger partial charge is 0.389 e. The van der Waals surface area contributed by atoms with E-state index in [1.54, 1.807) is 0 Å². The minimum absolute atomic E-state index is 0.218. The number of hydrogen-bond donors (Lipinski definition) is 1. The van der Waals surface area contributed by atoms with E-state index in [-0.39, 0.29) is 12.2 Å². The first-order valence-corrected chi connectivity index (χ1v) is 7.79. The molecule has 1 aliphatic rings.